The molecule has 1 amide bonds. The minimum Gasteiger partial charge on any atom is -0.378 e. The Morgan fingerprint density at radius 2 is 1.96 bits per heavy atom. The molecule has 9 nitrogen and oxygen atoms in total. The number of hydrogen-bond acceptors (Lipinski definition) is 8. The van der Waals surface area contributed by atoms with Crippen LogP contribution in [0.3, 0.4) is 0 Å². The van der Waals surface area contributed by atoms with Crippen molar-refractivity contribution in [3.05, 3.63) is 30.5 Å². The standard InChI is InChI=1S/C18H19N7O2/c1-11(26)21-13-5-3-2-4-12(13)14-10-20-16-15(22-14)17(24-18(19)23-16)25-6-8-27-9-7-25/h2-5,10H,6-9H2,1H3,(H,21,26)(H2,19,20,23,24). The van der Waals surface area contributed by atoms with Crippen LogP contribution in [0.1, 0.15) is 6.92 Å². The molecule has 1 aliphatic rings. The summed E-state index contributed by atoms with van der Waals surface area (Å²) >= 11 is 0. The van der Waals surface area contributed by atoms with Gasteiger partial charge in [-0.1, -0.05) is 18.2 Å². The molecule has 0 saturated carbocycles. The van der Waals surface area contributed by atoms with E-state index in [9.17, 15) is 4.79 Å². The smallest absolute Gasteiger partial charge is 0.224 e. The van der Waals surface area contributed by atoms with Crippen molar-refractivity contribution in [1.82, 2.24) is 19.9 Å². The second kappa shape index (κ2) is 7.12. The van der Waals surface area contributed by atoms with Crippen molar-refractivity contribution in [2.24, 2.45) is 0 Å². The molecule has 3 aromatic rings. The van der Waals surface area contributed by atoms with E-state index in [-0.39, 0.29) is 11.9 Å². The molecule has 27 heavy (non-hydrogen) atoms. The van der Waals surface area contributed by atoms with Crippen LogP contribution < -0.4 is 16.0 Å². The second-order valence-electron chi connectivity index (χ2n) is 6.16. The maximum atomic E-state index is 11.5. The number of rotatable bonds is 3. The van der Waals surface area contributed by atoms with Crippen molar-refractivity contribution in [1.29, 1.82) is 0 Å². The normalized spacial score (nSPS) is 14.3. The molecule has 0 spiro atoms. The number of nitrogen functional groups attached to an aromatic ring is 1. The van der Waals surface area contributed by atoms with Crippen LogP contribution in [0.15, 0.2) is 30.5 Å². The molecule has 0 radical (unpaired) electrons. The summed E-state index contributed by atoms with van der Waals surface area (Å²) in [5.41, 5.74) is 8.93. The van der Waals surface area contributed by atoms with Crippen molar-refractivity contribution < 1.29 is 9.53 Å². The van der Waals surface area contributed by atoms with Gasteiger partial charge in [-0.3, -0.25) is 4.79 Å². The summed E-state index contributed by atoms with van der Waals surface area (Å²) in [7, 11) is 0. The van der Waals surface area contributed by atoms with Gasteiger partial charge in [-0.2, -0.15) is 9.97 Å². The van der Waals surface area contributed by atoms with Gasteiger partial charge in [-0.15, -0.1) is 0 Å². The van der Waals surface area contributed by atoms with E-state index in [1.807, 2.05) is 24.3 Å². The predicted octanol–water partition coefficient (Wildman–Crippen LogP) is 1.46. The zero-order chi connectivity index (χ0) is 18.8. The molecule has 1 aromatic carbocycles. The topological polar surface area (TPSA) is 119 Å². The number of benzene rings is 1. The molecule has 3 N–H and O–H groups in total. The van der Waals surface area contributed by atoms with Crippen molar-refractivity contribution in [2.45, 2.75) is 6.92 Å². The molecule has 1 fully saturated rings. The summed E-state index contributed by atoms with van der Waals surface area (Å²) in [5.74, 6) is 0.651. The van der Waals surface area contributed by atoms with Crippen LogP contribution in [-0.2, 0) is 9.53 Å². The maximum absolute atomic E-state index is 11.5. The number of aromatic nitrogens is 4. The fourth-order valence-electron chi connectivity index (χ4n) is 3.04. The number of carbonyl (C=O) groups is 1. The summed E-state index contributed by atoms with van der Waals surface area (Å²) in [6.45, 7) is 4.09. The van der Waals surface area contributed by atoms with Crippen molar-refractivity contribution in [2.75, 3.05) is 42.3 Å². The summed E-state index contributed by atoms with van der Waals surface area (Å²) < 4.78 is 5.42. The zero-order valence-electron chi connectivity index (χ0n) is 14.8. The largest absolute Gasteiger partial charge is 0.378 e. The average molecular weight is 365 g/mol. The lowest BCUT2D eigenvalue weighted by Crippen LogP contribution is -2.37. The third-order valence-electron chi connectivity index (χ3n) is 4.23. The Balaban J connectivity index is 1.85. The van der Waals surface area contributed by atoms with Crippen molar-refractivity contribution in [3.63, 3.8) is 0 Å². The molecule has 1 aliphatic heterocycles. The third kappa shape index (κ3) is 3.49. The van der Waals surface area contributed by atoms with Gasteiger partial charge in [-0.25, -0.2) is 9.97 Å². The fraction of sp³-hybridized carbons (Fsp3) is 0.278. The molecule has 9 heteroatoms. The lowest BCUT2D eigenvalue weighted by molar-refractivity contribution is -0.114. The predicted molar refractivity (Wildman–Crippen MR) is 102 cm³/mol. The monoisotopic (exact) mass is 365 g/mol. The minimum absolute atomic E-state index is 0.152. The van der Waals surface area contributed by atoms with E-state index in [2.05, 4.69) is 25.2 Å². The first kappa shape index (κ1) is 17.1. The van der Waals surface area contributed by atoms with Crippen LogP contribution in [-0.4, -0.2) is 52.1 Å². The highest BCUT2D eigenvalue weighted by atomic mass is 16.5. The molecule has 0 aliphatic carbocycles. The highest BCUT2D eigenvalue weighted by molar-refractivity contribution is 5.94. The Morgan fingerprint density at radius 3 is 2.74 bits per heavy atom. The number of hydrogen-bond donors (Lipinski definition) is 2. The molecule has 138 valence electrons. The number of fused-ring (bicyclic) bond motifs is 1. The van der Waals surface area contributed by atoms with Gasteiger partial charge in [0.2, 0.25) is 11.9 Å². The number of amides is 1. The quantitative estimate of drug-likeness (QED) is 0.716. The van der Waals surface area contributed by atoms with Crippen LogP contribution >= 0.6 is 0 Å². The van der Waals surface area contributed by atoms with Gasteiger partial charge in [0, 0.05) is 25.6 Å². The first-order chi connectivity index (χ1) is 13.1. The van der Waals surface area contributed by atoms with Gasteiger partial charge >= 0.3 is 0 Å². The number of nitrogens with two attached hydrogens (primary N) is 1. The van der Waals surface area contributed by atoms with E-state index in [4.69, 9.17) is 15.5 Å². The Labute approximate surface area is 155 Å². The molecule has 2 aromatic heterocycles. The van der Waals surface area contributed by atoms with Gasteiger partial charge < -0.3 is 20.7 Å². The van der Waals surface area contributed by atoms with Crippen LogP contribution in [0.2, 0.25) is 0 Å². The molecule has 0 atom stereocenters. The first-order valence-corrected chi connectivity index (χ1v) is 8.62. The zero-order valence-corrected chi connectivity index (χ0v) is 14.8. The number of carbonyl (C=O) groups excluding carboxylic acids is 1. The van der Waals surface area contributed by atoms with Crippen molar-refractivity contribution in [3.8, 4) is 11.3 Å². The van der Waals surface area contributed by atoms with Crippen LogP contribution in [0.5, 0.6) is 0 Å². The molecule has 0 unspecified atom stereocenters. The van der Waals surface area contributed by atoms with Crippen LogP contribution in [0.25, 0.3) is 22.4 Å². The Bertz CT molecular complexity index is 1000. The highest BCUT2D eigenvalue weighted by Gasteiger charge is 2.19. The lowest BCUT2D eigenvalue weighted by Gasteiger charge is -2.28. The average Bonchev–Trinajstić information content (AvgIpc) is 2.68. The van der Waals surface area contributed by atoms with E-state index in [1.165, 1.54) is 6.92 Å². The number of para-hydroxylation sites is 1. The second-order valence-corrected chi connectivity index (χ2v) is 6.16. The van der Waals surface area contributed by atoms with E-state index in [1.54, 1.807) is 6.20 Å². The molecule has 1 saturated heterocycles. The first-order valence-electron chi connectivity index (χ1n) is 8.62. The maximum Gasteiger partial charge on any atom is 0.224 e. The Hall–Kier alpha value is -3.33. The number of anilines is 3. The van der Waals surface area contributed by atoms with Gasteiger partial charge in [-0.05, 0) is 6.07 Å². The molecular weight excluding hydrogens is 346 g/mol. The van der Waals surface area contributed by atoms with Gasteiger partial charge in [0.25, 0.3) is 0 Å². The van der Waals surface area contributed by atoms with E-state index in [0.29, 0.717) is 54.7 Å². The van der Waals surface area contributed by atoms with Gasteiger partial charge in [0.05, 0.1) is 30.8 Å². The molecule has 3 heterocycles. The number of morpholine rings is 1. The number of nitrogens with zero attached hydrogens (tertiary/aromatic N) is 5. The highest BCUT2D eigenvalue weighted by Crippen LogP contribution is 2.29. The minimum atomic E-state index is -0.152. The Kier molecular flexibility index (Phi) is 4.51. The lowest BCUT2D eigenvalue weighted by atomic mass is 10.1. The van der Waals surface area contributed by atoms with Crippen LogP contribution in [0.4, 0.5) is 17.5 Å². The van der Waals surface area contributed by atoms with E-state index in [0.717, 1.165) is 5.56 Å². The van der Waals surface area contributed by atoms with Gasteiger partial charge in [0.15, 0.2) is 17.0 Å². The van der Waals surface area contributed by atoms with Crippen LogP contribution in [0, 0.1) is 0 Å². The number of nitrogens with one attached hydrogen (secondary N) is 1. The van der Waals surface area contributed by atoms with E-state index >= 15 is 0 Å². The summed E-state index contributed by atoms with van der Waals surface area (Å²) in [6, 6.07) is 7.44. The molecular formula is C18H19N7O2. The third-order valence-corrected chi connectivity index (χ3v) is 4.23. The summed E-state index contributed by atoms with van der Waals surface area (Å²) in [5, 5.41) is 2.82. The Morgan fingerprint density at radius 1 is 1.19 bits per heavy atom. The molecule has 4 rings (SSSR count). The fourth-order valence-corrected chi connectivity index (χ4v) is 3.04. The summed E-state index contributed by atoms with van der Waals surface area (Å²) in [6.07, 6.45) is 1.62. The molecule has 0 bridgehead atoms. The number of ether oxygens (including phenoxy) is 1. The van der Waals surface area contributed by atoms with Crippen molar-refractivity contribution >= 4 is 34.5 Å². The van der Waals surface area contributed by atoms with E-state index < -0.39 is 0 Å². The SMILES string of the molecule is CC(=O)Nc1ccccc1-c1cnc2nc(N)nc(N3CCOCC3)c2n1. The van der Waals surface area contributed by atoms with Gasteiger partial charge in [0.1, 0.15) is 0 Å². The summed E-state index contributed by atoms with van der Waals surface area (Å²) in [4.78, 5) is 31.4.